The normalized spacial score (nSPS) is 10.5. The van der Waals surface area contributed by atoms with Crippen LogP contribution in [0.15, 0.2) is 23.6 Å². The highest BCUT2D eigenvalue weighted by molar-refractivity contribution is 7.09. The molecule has 1 N–H and O–H groups in total. The van der Waals surface area contributed by atoms with Gasteiger partial charge in [-0.3, -0.25) is 0 Å². The predicted molar refractivity (Wildman–Crippen MR) is 78.9 cm³/mol. The number of halogens is 1. The molecule has 1 heterocycles. The van der Waals surface area contributed by atoms with Gasteiger partial charge < -0.3 is 9.84 Å². The average molecular weight is 312 g/mol. The summed E-state index contributed by atoms with van der Waals surface area (Å²) < 4.78 is 5.54. The third-order valence-corrected chi connectivity index (χ3v) is 3.88. The minimum Gasteiger partial charge on any atom is -0.485 e. The zero-order valence-corrected chi connectivity index (χ0v) is 12.5. The molecule has 1 aromatic carbocycles. The molecule has 1 aromatic heterocycles. The van der Waals surface area contributed by atoms with Gasteiger partial charge >= 0.3 is 5.97 Å². The predicted octanol–water partition coefficient (Wildman–Crippen LogP) is 4.03. The van der Waals surface area contributed by atoms with Gasteiger partial charge in [0.05, 0.1) is 15.7 Å². The first-order valence-corrected chi connectivity index (χ1v) is 7.45. The highest BCUT2D eigenvalue weighted by Crippen LogP contribution is 2.29. The first-order valence-electron chi connectivity index (χ1n) is 6.19. The van der Waals surface area contributed by atoms with Crippen LogP contribution in [0.4, 0.5) is 0 Å². The number of para-hydroxylation sites is 1. The van der Waals surface area contributed by atoms with Gasteiger partial charge in [0.1, 0.15) is 12.2 Å². The smallest absolute Gasteiger partial charge is 0.339 e. The SMILES string of the molecule is CCCc1nc(COc2c(Cl)cccc2C(=O)O)cs1. The molecular weight excluding hydrogens is 298 g/mol. The number of carbonyl (C=O) groups is 1. The maximum Gasteiger partial charge on any atom is 0.339 e. The lowest BCUT2D eigenvalue weighted by atomic mass is 10.2. The molecule has 0 bridgehead atoms. The molecule has 0 unspecified atom stereocenters. The summed E-state index contributed by atoms with van der Waals surface area (Å²) >= 11 is 7.57. The van der Waals surface area contributed by atoms with E-state index < -0.39 is 5.97 Å². The number of thiazole rings is 1. The Morgan fingerprint density at radius 1 is 1.50 bits per heavy atom. The Hall–Kier alpha value is -1.59. The summed E-state index contributed by atoms with van der Waals surface area (Å²) in [4.78, 5) is 15.5. The van der Waals surface area contributed by atoms with E-state index in [-0.39, 0.29) is 22.9 Å². The monoisotopic (exact) mass is 311 g/mol. The van der Waals surface area contributed by atoms with E-state index in [0.717, 1.165) is 23.5 Å². The molecule has 6 heteroatoms. The first-order chi connectivity index (χ1) is 9.61. The molecule has 0 atom stereocenters. The van der Waals surface area contributed by atoms with E-state index in [1.54, 1.807) is 23.5 Å². The van der Waals surface area contributed by atoms with Gasteiger partial charge in [0.2, 0.25) is 0 Å². The lowest BCUT2D eigenvalue weighted by molar-refractivity contribution is 0.0691. The number of rotatable bonds is 6. The van der Waals surface area contributed by atoms with Crippen LogP contribution in [0.1, 0.15) is 34.4 Å². The van der Waals surface area contributed by atoms with E-state index >= 15 is 0 Å². The van der Waals surface area contributed by atoms with Crippen molar-refractivity contribution in [3.05, 3.63) is 44.9 Å². The van der Waals surface area contributed by atoms with Gasteiger partial charge in [-0.15, -0.1) is 11.3 Å². The zero-order chi connectivity index (χ0) is 14.5. The Bertz CT molecular complexity index is 612. The second kappa shape index (κ2) is 6.72. The summed E-state index contributed by atoms with van der Waals surface area (Å²) in [7, 11) is 0. The van der Waals surface area contributed by atoms with E-state index in [0.29, 0.717) is 0 Å². The molecule has 0 fully saturated rings. The molecule has 0 saturated heterocycles. The molecule has 0 radical (unpaired) electrons. The van der Waals surface area contributed by atoms with Crippen LogP contribution in [0.5, 0.6) is 5.75 Å². The highest BCUT2D eigenvalue weighted by Gasteiger charge is 2.15. The second-order valence-corrected chi connectivity index (χ2v) is 5.54. The van der Waals surface area contributed by atoms with Gasteiger partial charge in [-0.2, -0.15) is 0 Å². The van der Waals surface area contributed by atoms with Gasteiger partial charge in [-0.05, 0) is 25.0 Å². The molecule has 0 saturated carbocycles. The summed E-state index contributed by atoms with van der Waals surface area (Å²) in [6, 6.07) is 4.65. The van der Waals surface area contributed by atoms with Crippen LogP contribution in [-0.2, 0) is 13.0 Å². The molecule has 0 aliphatic carbocycles. The number of aromatic nitrogens is 1. The lowest BCUT2D eigenvalue weighted by Gasteiger charge is -2.09. The third-order valence-electron chi connectivity index (χ3n) is 2.62. The number of nitrogens with zero attached hydrogens (tertiary/aromatic N) is 1. The molecule has 0 spiro atoms. The molecule has 0 aliphatic rings. The van der Waals surface area contributed by atoms with E-state index in [4.69, 9.17) is 21.4 Å². The number of aryl methyl sites for hydroxylation is 1. The minimum atomic E-state index is -1.06. The number of carboxylic acid groups (broad SMARTS) is 1. The van der Waals surface area contributed by atoms with Crippen LogP contribution < -0.4 is 4.74 Å². The van der Waals surface area contributed by atoms with Crippen LogP contribution in [0.2, 0.25) is 5.02 Å². The van der Waals surface area contributed by atoms with Crippen LogP contribution in [0.25, 0.3) is 0 Å². The number of aromatic carboxylic acids is 1. The quantitative estimate of drug-likeness (QED) is 0.875. The Morgan fingerprint density at radius 3 is 3.00 bits per heavy atom. The summed E-state index contributed by atoms with van der Waals surface area (Å²) in [6.45, 7) is 2.31. The maximum atomic E-state index is 11.1. The Labute approximate surface area is 126 Å². The summed E-state index contributed by atoms with van der Waals surface area (Å²) in [5.41, 5.74) is 0.844. The third kappa shape index (κ3) is 3.49. The lowest BCUT2D eigenvalue weighted by Crippen LogP contribution is -2.04. The number of ether oxygens (including phenoxy) is 1. The largest absolute Gasteiger partial charge is 0.485 e. The average Bonchev–Trinajstić information content (AvgIpc) is 2.85. The van der Waals surface area contributed by atoms with Crippen LogP contribution in [-0.4, -0.2) is 16.1 Å². The molecule has 2 rings (SSSR count). The van der Waals surface area contributed by atoms with Crippen LogP contribution in [0, 0.1) is 0 Å². The van der Waals surface area contributed by atoms with Crippen LogP contribution in [0.3, 0.4) is 0 Å². The van der Waals surface area contributed by atoms with Crippen molar-refractivity contribution in [3.63, 3.8) is 0 Å². The van der Waals surface area contributed by atoms with Crippen LogP contribution >= 0.6 is 22.9 Å². The van der Waals surface area contributed by atoms with Crippen molar-refractivity contribution >= 4 is 28.9 Å². The Balaban J connectivity index is 2.12. The van der Waals surface area contributed by atoms with Gasteiger partial charge in [0.25, 0.3) is 0 Å². The van der Waals surface area contributed by atoms with E-state index in [1.807, 2.05) is 5.38 Å². The van der Waals surface area contributed by atoms with E-state index in [2.05, 4.69) is 11.9 Å². The number of carboxylic acids is 1. The number of hydrogen-bond acceptors (Lipinski definition) is 4. The zero-order valence-electron chi connectivity index (χ0n) is 10.9. The van der Waals surface area contributed by atoms with Crippen molar-refractivity contribution < 1.29 is 14.6 Å². The van der Waals surface area contributed by atoms with Gasteiger partial charge in [-0.25, -0.2) is 9.78 Å². The molecule has 4 nitrogen and oxygen atoms in total. The molecule has 0 amide bonds. The van der Waals surface area contributed by atoms with Crippen molar-refractivity contribution in [1.29, 1.82) is 0 Å². The number of benzene rings is 1. The fraction of sp³-hybridized carbons (Fsp3) is 0.286. The summed E-state index contributed by atoms with van der Waals surface area (Å²) in [6.07, 6.45) is 1.98. The summed E-state index contributed by atoms with van der Waals surface area (Å²) in [5.74, 6) is -0.876. The van der Waals surface area contributed by atoms with Gasteiger partial charge in [0, 0.05) is 5.38 Å². The highest BCUT2D eigenvalue weighted by atomic mass is 35.5. The van der Waals surface area contributed by atoms with Crippen molar-refractivity contribution in [2.75, 3.05) is 0 Å². The topological polar surface area (TPSA) is 59.4 Å². The van der Waals surface area contributed by atoms with Crippen molar-refractivity contribution in [2.45, 2.75) is 26.4 Å². The fourth-order valence-electron chi connectivity index (χ4n) is 1.71. The molecular formula is C14H14ClNO3S. The Morgan fingerprint density at radius 2 is 2.30 bits per heavy atom. The maximum absolute atomic E-state index is 11.1. The van der Waals surface area contributed by atoms with E-state index in [1.165, 1.54) is 6.07 Å². The van der Waals surface area contributed by atoms with Gasteiger partial charge in [-0.1, -0.05) is 24.6 Å². The van der Waals surface area contributed by atoms with Crippen molar-refractivity contribution in [2.24, 2.45) is 0 Å². The molecule has 106 valence electrons. The minimum absolute atomic E-state index is 0.0570. The van der Waals surface area contributed by atoms with Crippen molar-refractivity contribution in [1.82, 2.24) is 4.98 Å². The van der Waals surface area contributed by atoms with Gasteiger partial charge in [0.15, 0.2) is 5.75 Å². The fourth-order valence-corrected chi connectivity index (χ4v) is 2.83. The first kappa shape index (κ1) is 14.8. The van der Waals surface area contributed by atoms with E-state index in [9.17, 15) is 4.79 Å². The number of hydrogen-bond donors (Lipinski definition) is 1. The molecule has 20 heavy (non-hydrogen) atoms. The standard InChI is InChI=1S/C14H14ClNO3S/c1-2-4-12-16-9(8-20-12)7-19-13-10(14(17)18)5-3-6-11(13)15/h3,5-6,8H,2,4,7H2,1H3,(H,17,18). The Kier molecular flexibility index (Phi) is 4.98. The molecule has 0 aliphatic heterocycles. The summed E-state index contributed by atoms with van der Waals surface area (Å²) in [5, 5.41) is 12.4. The second-order valence-electron chi connectivity index (χ2n) is 4.19. The van der Waals surface area contributed by atoms with Crippen molar-refractivity contribution in [3.8, 4) is 5.75 Å². The molecule has 2 aromatic rings.